The third-order valence-electron chi connectivity index (χ3n) is 5.69. The Kier molecular flexibility index (Phi) is 4.59. The minimum absolute atomic E-state index is 0.160. The molecule has 4 rings (SSSR count). The Morgan fingerprint density at radius 2 is 2.00 bits per heavy atom. The zero-order chi connectivity index (χ0) is 18.2. The van der Waals surface area contributed by atoms with Gasteiger partial charge in [0.25, 0.3) is 0 Å². The first kappa shape index (κ1) is 17.6. The maximum absolute atomic E-state index is 12.5. The van der Waals surface area contributed by atoms with Gasteiger partial charge in [0.05, 0.1) is 17.9 Å². The van der Waals surface area contributed by atoms with Crippen molar-refractivity contribution in [3.05, 3.63) is 59.9 Å². The SMILES string of the molecule is C[S+](=O)([O-])N1CC2(CCCCN2Cc2ccccn2)Cc2ccccc21. The Morgan fingerprint density at radius 3 is 2.77 bits per heavy atom. The lowest BCUT2D eigenvalue weighted by atomic mass is 9.78. The van der Waals surface area contributed by atoms with Gasteiger partial charge in [0.15, 0.2) is 0 Å². The molecule has 2 atom stereocenters. The molecule has 0 bridgehead atoms. The Morgan fingerprint density at radius 1 is 1.19 bits per heavy atom. The third kappa shape index (κ3) is 3.29. The van der Waals surface area contributed by atoms with Gasteiger partial charge in [-0.15, -0.1) is 0 Å². The van der Waals surface area contributed by atoms with Crippen molar-refractivity contribution in [1.82, 2.24) is 9.88 Å². The largest absolute Gasteiger partial charge is 0.593 e. The van der Waals surface area contributed by atoms with Crippen molar-refractivity contribution < 1.29 is 8.76 Å². The van der Waals surface area contributed by atoms with Crippen molar-refractivity contribution in [2.45, 2.75) is 37.8 Å². The van der Waals surface area contributed by atoms with Crippen molar-refractivity contribution in [3.63, 3.8) is 0 Å². The standard InChI is InChI=1S/C20H25N3O2S/c1-26(24,25)23-16-20(14-17-8-2-3-10-19(17)23)11-5-7-13-22(20)15-18-9-4-6-12-21-18/h2-4,6,8-10,12H,5,7,11,13-16H2,1H3. The number of sulfonamides is 1. The van der Waals surface area contributed by atoms with Gasteiger partial charge in [0, 0.05) is 18.3 Å². The van der Waals surface area contributed by atoms with Crippen molar-refractivity contribution >= 4 is 16.1 Å². The van der Waals surface area contributed by atoms with E-state index in [-0.39, 0.29) is 5.54 Å². The zero-order valence-corrected chi connectivity index (χ0v) is 16.0. The minimum Gasteiger partial charge on any atom is -0.593 e. The summed E-state index contributed by atoms with van der Waals surface area (Å²) in [7, 11) is -3.32. The van der Waals surface area contributed by atoms with Gasteiger partial charge in [0.1, 0.15) is 16.7 Å². The molecule has 0 N–H and O–H groups in total. The van der Waals surface area contributed by atoms with Crippen LogP contribution in [-0.4, -0.2) is 39.3 Å². The maximum Gasteiger partial charge on any atom is 0.145 e. The number of hydrogen-bond donors (Lipinski definition) is 0. The topological polar surface area (TPSA) is 59.5 Å². The summed E-state index contributed by atoms with van der Waals surface area (Å²) in [4.78, 5) is 6.95. The lowest BCUT2D eigenvalue weighted by Crippen LogP contribution is -2.62. The molecule has 0 aliphatic carbocycles. The highest BCUT2D eigenvalue weighted by Gasteiger charge is 2.47. The Labute approximate surface area is 156 Å². The molecule has 3 heterocycles. The second kappa shape index (κ2) is 6.76. The number of hydrogen-bond acceptors (Lipinski definition) is 4. The molecule has 1 aromatic carbocycles. The van der Waals surface area contributed by atoms with E-state index in [4.69, 9.17) is 0 Å². The van der Waals surface area contributed by atoms with E-state index in [9.17, 15) is 8.76 Å². The number of piperidine rings is 1. The minimum atomic E-state index is -3.32. The van der Waals surface area contributed by atoms with Crippen molar-refractivity contribution in [1.29, 1.82) is 0 Å². The molecule has 2 aromatic rings. The van der Waals surface area contributed by atoms with E-state index in [1.807, 2.05) is 42.6 Å². The zero-order valence-electron chi connectivity index (χ0n) is 15.1. The fourth-order valence-electron chi connectivity index (χ4n) is 4.43. The van der Waals surface area contributed by atoms with E-state index in [2.05, 4.69) is 16.0 Å². The normalized spacial score (nSPS) is 25.7. The van der Waals surface area contributed by atoms with Crippen LogP contribution in [0.15, 0.2) is 48.7 Å². The number of anilines is 1. The molecule has 138 valence electrons. The maximum atomic E-state index is 12.5. The fourth-order valence-corrected chi connectivity index (χ4v) is 5.44. The molecule has 26 heavy (non-hydrogen) atoms. The molecular formula is C20H25N3O2S. The summed E-state index contributed by atoms with van der Waals surface area (Å²) in [5.41, 5.74) is 2.84. The first-order valence-electron chi connectivity index (χ1n) is 9.19. The summed E-state index contributed by atoms with van der Waals surface area (Å²) in [6.07, 6.45) is 7.33. The number of benzene rings is 1. The second-order valence-electron chi connectivity index (χ2n) is 7.50. The number of pyridine rings is 1. The lowest BCUT2D eigenvalue weighted by molar-refractivity contribution is 0.0419. The summed E-state index contributed by atoms with van der Waals surface area (Å²) in [6.45, 7) is 2.27. The molecule has 1 fully saturated rings. The van der Waals surface area contributed by atoms with Crippen LogP contribution >= 0.6 is 0 Å². The Balaban J connectivity index is 1.72. The molecule has 1 aromatic heterocycles. The van der Waals surface area contributed by atoms with E-state index >= 15 is 0 Å². The fraction of sp³-hybridized carbons (Fsp3) is 0.450. The van der Waals surface area contributed by atoms with Gasteiger partial charge in [-0.05, 0) is 49.6 Å². The number of rotatable bonds is 3. The van der Waals surface area contributed by atoms with Crippen LogP contribution in [0.4, 0.5) is 5.69 Å². The quantitative estimate of drug-likeness (QED) is 0.778. The van der Waals surface area contributed by atoms with Gasteiger partial charge in [0.2, 0.25) is 0 Å². The number of nitrogens with zero attached hydrogens (tertiary/aromatic N) is 3. The number of para-hydroxylation sites is 1. The molecule has 1 spiro atoms. The lowest BCUT2D eigenvalue weighted by Gasteiger charge is -2.52. The van der Waals surface area contributed by atoms with Gasteiger partial charge < -0.3 is 4.55 Å². The molecule has 5 nitrogen and oxygen atoms in total. The molecule has 2 aliphatic rings. The smallest absolute Gasteiger partial charge is 0.145 e. The molecule has 2 unspecified atom stereocenters. The van der Waals surface area contributed by atoms with Gasteiger partial charge in [-0.2, -0.15) is 4.31 Å². The van der Waals surface area contributed by atoms with Crippen LogP contribution in [-0.2, 0) is 27.6 Å². The summed E-state index contributed by atoms with van der Waals surface area (Å²) in [5.74, 6) is 0. The van der Waals surface area contributed by atoms with Crippen molar-refractivity contribution in [2.75, 3.05) is 23.7 Å². The van der Waals surface area contributed by atoms with Crippen LogP contribution in [0.5, 0.6) is 0 Å². The average Bonchev–Trinajstić information content (AvgIpc) is 2.63. The monoisotopic (exact) mass is 371 g/mol. The molecule has 2 aliphatic heterocycles. The van der Waals surface area contributed by atoms with E-state index in [1.54, 1.807) is 4.31 Å². The highest BCUT2D eigenvalue weighted by atomic mass is 32.3. The molecule has 1 saturated heterocycles. The van der Waals surface area contributed by atoms with E-state index in [0.29, 0.717) is 6.54 Å². The molecular weight excluding hydrogens is 346 g/mol. The second-order valence-corrected chi connectivity index (χ2v) is 9.41. The molecule has 0 saturated carbocycles. The van der Waals surface area contributed by atoms with E-state index in [0.717, 1.165) is 55.7 Å². The molecule has 6 heteroatoms. The van der Waals surface area contributed by atoms with Crippen LogP contribution in [0, 0.1) is 0 Å². The predicted octanol–water partition coefficient (Wildman–Crippen LogP) is 3.04. The van der Waals surface area contributed by atoms with Crippen LogP contribution in [0.3, 0.4) is 0 Å². The van der Waals surface area contributed by atoms with Crippen molar-refractivity contribution in [3.8, 4) is 0 Å². The highest BCUT2D eigenvalue weighted by molar-refractivity contribution is 7.98. The summed E-state index contributed by atoms with van der Waals surface area (Å²) in [6, 6.07) is 13.9. The molecule has 0 radical (unpaired) electrons. The predicted molar refractivity (Wildman–Crippen MR) is 103 cm³/mol. The van der Waals surface area contributed by atoms with Crippen molar-refractivity contribution in [2.24, 2.45) is 0 Å². The van der Waals surface area contributed by atoms with Crippen LogP contribution in [0.1, 0.15) is 30.5 Å². The number of aromatic nitrogens is 1. The Bertz CT molecular complexity index is 823. The van der Waals surface area contributed by atoms with Crippen LogP contribution < -0.4 is 4.31 Å². The number of likely N-dealkylation sites (tertiary alicyclic amines) is 1. The first-order chi connectivity index (χ1) is 12.5. The number of fused-ring (bicyclic) bond motifs is 1. The van der Waals surface area contributed by atoms with Gasteiger partial charge >= 0.3 is 0 Å². The third-order valence-corrected chi connectivity index (χ3v) is 6.81. The Hall–Kier alpha value is -1.76. The highest BCUT2D eigenvalue weighted by Crippen LogP contribution is 2.42. The van der Waals surface area contributed by atoms with E-state index in [1.165, 1.54) is 6.26 Å². The average molecular weight is 372 g/mol. The van der Waals surface area contributed by atoms with Gasteiger partial charge in [-0.3, -0.25) is 9.88 Å². The summed E-state index contributed by atoms with van der Waals surface area (Å²) >= 11 is 0. The van der Waals surface area contributed by atoms with Gasteiger partial charge in [-0.25, -0.2) is 0 Å². The van der Waals surface area contributed by atoms with E-state index < -0.39 is 10.4 Å². The van der Waals surface area contributed by atoms with Crippen LogP contribution in [0.25, 0.3) is 0 Å². The van der Waals surface area contributed by atoms with Gasteiger partial charge in [-0.1, -0.05) is 34.9 Å². The molecule has 0 amide bonds. The summed E-state index contributed by atoms with van der Waals surface area (Å²) in [5, 5.41) is 0. The van der Waals surface area contributed by atoms with Crippen LogP contribution in [0.2, 0.25) is 0 Å². The first-order valence-corrected chi connectivity index (χ1v) is 11.0. The summed E-state index contributed by atoms with van der Waals surface area (Å²) < 4.78 is 26.7.